The summed E-state index contributed by atoms with van der Waals surface area (Å²) in [5, 5.41) is 23.3. The lowest BCUT2D eigenvalue weighted by Gasteiger charge is -2.22. The SMILES string of the molecule is CC(C)CCCCCCCCC/C=C/[C@@H](O)[C@H](CS(=O)(=O)O)NC(=O)C[C@H](O)CCCCCCCCCCCC(C)C. The third-order valence-corrected chi connectivity index (χ3v) is 8.65. The first-order valence-corrected chi connectivity index (χ1v) is 18.8. The van der Waals surface area contributed by atoms with E-state index in [1.165, 1.54) is 89.5 Å². The molecule has 0 aromatic rings. The van der Waals surface area contributed by atoms with E-state index in [0.29, 0.717) is 6.42 Å². The molecule has 0 spiro atoms. The summed E-state index contributed by atoms with van der Waals surface area (Å²) in [7, 11) is -4.41. The van der Waals surface area contributed by atoms with Gasteiger partial charge >= 0.3 is 0 Å². The molecule has 0 fully saturated rings. The number of aliphatic hydroxyl groups is 2. The summed E-state index contributed by atoms with van der Waals surface area (Å²) in [5.41, 5.74) is 0. The van der Waals surface area contributed by atoms with Crippen LogP contribution in [0.4, 0.5) is 0 Å². The molecule has 0 bridgehead atoms. The molecule has 0 saturated heterocycles. The predicted molar refractivity (Wildman–Crippen MR) is 176 cm³/mol. The molecule has 0 radical (unpaired) electrons. The molecule has 3 atom stereocenters. The third kappa shape index (κ3) is 29.1. The van der Waals surface area contributed by atoms with Crippen LogP contribution in [0.2, 0.25) is 0 Å². The van der Waals surface area contributed by atoms with E-state index in [9.17, 15) is 28.0 Å². The number of rotatable bonds is 29. The normalized spacial score (nSPS) is 14.6. The molecule has 250 valence electrons. The highest BCUT2D eigenvalue weighted by Gasteiger charge is 2.25. The molecule has 1 amide bonds. The molecule has 42 heavy (non-hydrogen) atoms. The Morgan fingerprint density at radius 1 is 0.667 bits per heavy atom. The second-order valence-corrected chi connectivity index (χ2v) is 14.8. The molecule has 7 nitrogen and oxygen atoms in total. The van der Waals surface area contributed by atoms with Crippen LogP contribution in [0, 0.1) is 11.8 Å². The zero-order chi connectivity index (χ0) is 31.6. The number of unbranched alkanes of at least 4 members (excludes halogenated alkanes) is 15. The predicted octanol–water partition coefficient (Wildman–Crippen LogP) is 8.14. The van der Waals surface area contributed by atoms with Crippen molar-refractivity contribution in [2.24, 2.45) is 11.8 Å². The third-order valence-electron chi connectivity index (χ3n) is 7.87. The number of carbonyl (C=O) groups is 1. The highest BCUT2D eigenvalue weighted by molar-refractivity contribution is 7.85. The van der Waals surface area contributed by atoms with Crippen molar-refractivity contribution in [3.8, 4) is 0 Å². The molecule has 0 saturated carbocycles. The quantitative estimate of drug-likeness (QED) is 0.0382. The van der Waals surface area contributed by atoms with Crippen molar-refractivity contribution in [3.05, 3.63) is 12.2 Å². The molecule has 0 unspecified atom stereocenters. The molecular weight excluding hydrogens is 550 g/mol. The molecule has 4 N–H and O–H groups in total. The number of carbonyl (C=O) groups excluding carboxylic acids is 1. The van der Waals surface area contributed by atoms with Crippen LogP contribution in [0.25, 0.3) is 0 Å². The summed E-state index contributed by atoms with van der Waals surface area (Å²) >= 11 is 0. The van der Waals surface area contributed by atoms with Gasteiger partial charge in [-0.15, -0.1) is 0 Å². The monoisotopic (exact) mass is 617 g/mol. The Morgan fingerprint density at radius 2 is 1.07 bits per heavy atom. The lowest BCUT2D eigenvalue weighted by atomic mass is 10.0. The Bertz CT molecular complexity index is 768. The van der Waals surface area contributed by atoms with Gasteiger partial charge in [-0.3, -0.25) is 9.35 Å². The second-order valence-electron chi connectivity index (χ2n) is 13.3. The maximum atomic E-state index is 12.5. The molecule has 0 aromatic heterocycles. The van der Waals surface area contributed by atoms with E-state index in [0.717, 1.165) is 50.4 Å². The average molecular weight is 618 g/mol. The summed E-state index contributed by atoms with van der Waals surface area (Å²) in [6, 6.07) is -1.17. The number of hydrogen-bond acceptors (Lipinski definition) is 5. The number of hydrogen-bond donors (Lipinski definition) is 4. The highest BCUT2D eigenvalue weighted by atomic mass is 32.2. The average Bonchev–Trinajstić information content (AvgIpc) is 2.88. The topological polar surface area (TPSA) is 124 Å². The van der Waals surface area contributed by atoms with Crippen molar-refractivity contribution in [3.63, 3.8) is 0 Å². The Hall–Kier alpha value is -0.960. The number of nitrogens with one attached hydrogen (secondary N) is 1. The van der Waals surface area contributed by atoms with Crippen LogP contribution in [0.1, 0.15) is 163 Å². The molecular formula is C34H67NO6S. The summed E-state index contributed by atoms with van der Waals surface area (Å²) in [4.78, 5) is 12.5. The van der Waals surface area contributed by atoms with Crippen LogP contribution in [-0.2, 0) is 14.9 Å². The van der Waals surface area contributed by atoms with Crippen molar-refractivity contribution in [1.82, 2.24) is 5.32 Å². The first-order valence-electron chi connectivity index (χ1n) is 17.2. The Kier molecular flexibility index (Phi) is 25.8. The van der Waals surface area contributed by atoms with E-state index < -0.39 is 40.0 Å². The van der Waals surface area contributed by atoms with Crippen LogP contribution in [0.15, 0.2) is 12.2 Å². The maximum absolute atomic E-state index is 12.5. The zero-order valence-electron chi connectivity index (χ0n) is 27.6. The first-order chi connectivity index (χ1) is 19.9. The summed E-state index contributed by atoms with van der Waals surface area (Å²) in [5.74, 6) is 0.253. The minimum atomic E-state index is -4.41. The molecule has 0 aliphatic heterocycles. The molecule has 0 aliphatic carbocycles. The van der Waals surface area contributed by atoms with Crippen LogP contribution >= 0.6 is 0 Å². The van der Waals surface area contributed by atoms with Crippen molar-refractivity contribution in [2.45, 2.75) is 181 Å². The van der Waals surface area contributed by atoms with Crippen molar-refractivity contribution in [2.75, 3.05) is 5.75 Å². The summed E-state index contributed by atoms with van der Waals surface area (Å²) in [6.07, 6.45) is 24.0. The largest absolute Gasteiger partial charge is 0.393 e. The van der Waals surface area contributed by atoms with Gasteiger partial charge in [0.05, 0.1) is 30.4 Å². The standard InChI is InChI=1S/C34H67NO6S/c1-29(2)23-19-15-11-7-5-9-13-17-21-25-31(36)27-34(38)35-32(28-42(39,40)41)33(37)26-22-18-14-10-6-8-12-16-20-24-30(3)4/h22,26,29-33,36-37H,5-21,23-25,27-28H2,1-4H3,(H,35,38)(H,39,40,41)/b26-22+/t31-,32+,33-/m1/s1. The van der Waals surface area contributed by atoms with Crippen molar-refractivity contribution < 1.29 is 28.0 Å². The fourth-order valence-corrected chi connectivity index (χ4v) is 6.01. The van der Waals surface area contributed by atoms with Crippen LogP contribution in [0.3, 0.4) is 0 Å². The summed E-state index contributed by atoms with van der Waals surface area (Å²) in [6.45, 7) is 9.06. The van der Waals surface area contributed by atoms with E-state index in [2.05, 4.69) is 33.0 Å². The van der Waals surface area contributed by atoms with Gasteiger partial charge in [0.1, 0.15) is 0 Å². The van der Waals surface area contributed by atoms with Gasteiger partial charge in [-0.1, -0.05) is 149 Å². The van der Waals surface area contributed by atoms with E-state index in [1.807, 2.05) is 0 Å². The number of aliphatic hydroxyl groups excluding tert-OH is 2. The van der Waals surface area contributed by atoms with E-state index >= 15 is 0 Å². The van der Waals surface area contributed by atoms with E-state index in [1.54, 1.807) is 6.08 Å². The Morgan fingerprint density at radius 3 is 1.50 bits per heavy atom. The smallest absolute Gasteiger partial charge is 0.267 e. The lowest BCUT2D eigenvalue weighted by Crippen LogP contribution is -2.47. The van der Waals surface area contributed by atoms with Crippen LogP contribution in [-0.4, -0.2) is 53.1 Å². The van der Waals surface area contributed by atoms with Crippen molar-refractivity contribution in [1.29, 1.82) is 0 Å². The molecule has 8 heteroatoms. The van der Waals surface area contributed by atoms with E-state index in [-0.39, 0.29) is 6.42 Å². The number of amides is 1. The van der Waals surface area contributed by atoms with Crippen LogP contribution < -0.4 is 5.32 Å². The first kappa shape index (κ1) is 41.0. The number of allylic oxidation sites excluding steroid dienone is 1. The van der Waals surface area contributed by atoms with Crippen LogP contribution in [0.5, 0.6) is 0 Å². The van der Waals surface area contributed by atoms with Gasteiger partial charge in [-0.05, 0) is 31.1 Å². The van der Waals surface area contributed by atoms with Gasteiger partial charge in [0.25, 0.3) is 10.1 Å². The molecule has 0 aromatic carbocycles. The molecule has 0 heterocycles. The van der Waals surface area contributed by atoms with Gasteiger partial charge in [-0.2, -0.15) is 8.42 Å². The minimum absolute atomic E-state index is 0.160. The maximum Gasteiger partial charge on any atom is 0.267 e. The van der Waals surface area contributed by atoms with Gasteiger partial charge in [0.15, 0.2) is 0 Å². The fourth-order valence-electron chi connectivity index (χ4n) is 5.27. The molecule has 0 aliphatic rings. The Labute approximate surface area is 259 Å². The zero-order valence-corrected chi connectivity index (χ0v) is 28.4. The highest BCUT2D eigenvalue weighted by Crippen LogP contribution is 2.15. The van der Waals surface area contributed by atoms with E-state index in [4.69, 9.17) is 0 Å². The van der Waals surface area contributed by atoms with Gasteiger partial charge in [0, 0.05) is 0 Å². The van der Waals surface area contributed by atoms with Gasteiger partial charge in [-0.25, -0.2) is 0 Å². The Balaban J connectivity index is 4.17. The van der Waals surface area contributed by atoms with Gasteiger partial charge in [0.2, 0.25) is 5.91 Å². The second kappa shape index (κ2) is 26.4. The lowest BCUT2D eigenvalue weighted by molar-refractivity contribution is -0.124. The van der Waals surface area contributed by atoms with Gasteiger partial charge < -0.3 is 15.5 Å². The molecule has 0 rings (SSSR count). The summed E-state index contributed by atoms with van der Waals surface area (Å²) < 4.78 is 32.3. The van der Waals surface area contributed by atoms with Crippen molar-refractivity contribution >= 4 is 16.0 Å². The fraction of sp³-hybridized carbons (Fsp3) is 0.912. The minimum Gasteiger partial charge on any atom is -0.393 e.